The molecule has 1 saturated heterocycles. The second-order valence-corrected chi connectivity index (χ2v) is 6.88. The average Bonchev–Trinajstić information content (AvgIpc) is 2.73. The van der Waals surface area contributed by atoms with Crippen molar-refractivity contribution in [2.45, 2.75) is 18.9 Å². The molecule has 2 heterocycles. The topological polar surface area (TPSA) is 88.2 Å². The third-order valence-corrected chi connectivity index (χ3v) is 4.81. The summed E-state index contributed by atoms with van der Waals surface area (Å²) >= 11 is 0. The molecule has 0 radical (unpaired) electrons. The lowest BCUT2D eigenvalue weighted by Gasteiger charge is -2.25. The Morgan fingerprint density at radius 3 is 2.83 bits per heavy atom. The van der Waals surface area contributed by atoms with Crippen molar-refractivity contribution in [2.75, 3.05) is 25.5 Å². The van der Waals surface area contributed by atoms with Gasteiger partial charge in [-0.1, -0.05) is 6.07 Å². The molecular weight excluding hydrogens is 373 g/mol. The Labute approximate surface area is 167 Å². The second kappa shape index (κ2) is 8.40. The number of carbonyl (C=O) groups is 1. The molecule has 2 aromatic carbocycles. The number of carbonyl (C=O) groups excluding carboxylic acids is 1. The summed E-state index contributed by atoms with van der Waals surface area (Å²) in [6.45, 7) is 1.77. The molecule has 29 heavy (non-hydrogen) atoms. The number of amides is 1. The van der Waals surface area contributed by atoms with Crippen LogP contribution < -0.4 is 20.7 Å². The minimum atomic E-state index is -0.344. The number of ether oxygens (including phenoxy) is 1. The summed E-state index contributed by atoms with van der Waals surface area (Å²) in [6, 6.07) is 9.58. The van der Waals surface area contributed by atoms with E-state index in [0.717, 1.165) is 25.9 Å². The molecule has 1 aliphatic heterocycles. The fourth-order valence-corrected chi connectivity index (χ4v) is 3.32. The second-order valence-electron chi connectivity index (χ2n) is 6.88. The molecule has 3 aromatic rings. The van der Waals surface area contributed by atoms with Gasteiger partial charge in [0.25, 0.3) is 5.91 Å². The fraction of sp³-hybridized carbons (Fsp3) is 0.286. The van der Waals surface area contributed by atoms with Gasteiger partial charge in [0.1, 0.15) is 17.7 Å². The van der Waals surface area contributed by atoms with Crippen LogP contribution in [-0.2, 0) is 0 Å². The maximum Gasteiger partial charge on any atom is 0.254 e. The number of halogens is 1. The van der Waals surface area contributed by atoms with E-state index in [4.69, 9.17) is 4.74 Å². The standard InChI is InChI=1S/C21H22FN5O2/c1-23-20(28)17-9-13-12-25-21(26-15-4-2-3-14(22)10-15)27-18(13)11-19(17)29-16-5-7-24-8-6-16/h2-4,9-12,16,24H,5-8H2,1H3,(H,23,28)(H,25,26,27). The highest BCUT2D eigenvalue weighted by molar-refractivity contribution is 6.00. The first-order valence-electron chi connectivity index (χ1n) is 9.55. The maximum atomic E-state index is 13.4. The molecule has 0 saturated carbocycles. The smallest absolute Gasteiger partial charge is 0.254 e. The number of nitrogens with zero attached hydrogens (tertiary/aromatic N) is 2. The Balaban J connectivity index is 1.68. The molecule has 1 amide bonds. The highest BCUT2D eigenvalue weighted by atomic mass is 19.1. The van der Waals surface area contributed by atoms with Crippen molar-refractivity contribution in [3.05, 3.63) is 54.0 Å². The number of nitrogens with one attached hydrogen (secondary N) is 3. The van der Waals surface area contributed by atoms with Gasteiger partial charge in [-0.05, 0) is 50.2 Å². The van der Waals surface area contributed by atoms with E-state index < -0.39 is 0 Å². The lowest BCUT2D eigenvalue weighted by molar-refractivity contribution is 0.0952. The van der Waals surface area contributed by atoms with E-state index in [0.29, 0.717) is 33.9 Å². The summed E-state index contributed by atoms with van der Waals surface area (Å²) in [5.74, 6) is 0.268. The van der Waals surface area contributed by atoms with E-state index in [-0.39, 0.29) is 17.8 Å². The van der Waals surface area contributed by atoms with E-state index >= 15 is 0 Å². The van der Waals surface area contributed by atoms with Crippen molar-refractivity contribution in [1.82, 2.24) is 20.6 Å². The van der Waals surface area contributed by atoms with E-state index in [1.807, 2.05) is 0 Å². The minimum absolute atomic E-state index is 0.0452. The largest absolute Gasteiger partial charge is 0.489 e. The molecule has 7 nitrogen and oxygen atoms in total. The maximum absolute atomic E-state index is 13.4. The number of anilines is 2. The van der Waals surface area contributed by atoms with E-state index in [1.54, 1.807) is 37.5 Å². The molecule has 4 rings (SSSR count). The molecule has 0 aliphatic carbocycles. The van der Waals surface area contributed by atoms with Gasteiger partial charge in [-0.2, -0.15) is 0 Å². The molecule has 3 N–H and O–H groups in total. The third kappa shape index (κ3) is 4.43. The van der Waals surface area contributed by atoms with Crippen LogP contribution in [-0.4, -0.2) is 42.1 Å². The third-order valence-electron chi connectivity index (χ3n) is 4.81. The number of fused-ring (bicyclic) bond motifs is 1. The molecular formula is C21H22FN5O2. The lowest BCUT2D eigenvalue weighted by Crippen LogP contribution is -2.34. The van der Waals surface area contributed by atoms with Crippen LogP contribution in [0.15, 0.2) is 42.6 Å². The Bertz CT molecular complexity index is 1040. The summed E-state index contributed by atoms with van der Waals surface area (Å²) in [5, 5.41) is 9.66. The van der Waals surface area contributed by atoms with Gasteiger partial charge in [-0.25, -0.2) is 14.4 Å². The van der Waals surface area contributed by atoms with Crippen LogP contribution in [0, 0.1) is 5.82 Å². The Hall–Kier alpha value is -3.26. The van der Waals surface area contributed by atoms with Crippen LogP contribution in [0.1, 0.15) is 23.2 Å². The molecule has 150 valence electrons. The van der Waals surface area contributed by atoms with Gasteiger partial charge < -0.3 is 20.7 Å². The quantitative estimate of drug-likeness (QED) is 0.616. The van der Waals surface area contributed by atoms with Gasteiger partial charge in [0.2, 0.25) is 5.95 Å². The minimum Gasteiger partial charge on any atom is -0.489 e. The number of rotatable bonds is 5. The van der Waals surface area contributed by atoms with E-state index in [9.17, 15) is 9.18 Å². The van der Waals surface area contributed by atoms with Crippen molar-refractivity contribution >= 4 is 28.4 Å². The number of aromatic nitrogens is 2. The highest BCUT2D eigenvalue weighted by Crippen LogP contribution is 2.28. The average molecular weight is 395 g/mol. The molecule has 8 heteroatoms. The molecule has 0 unspecified atom stereocenters. The predicted octanol–water partition coefficient (Wildman–Crippen LogP) is 3.00. The SMILES string of the molecule is CNC(=O)c1cc2cnc(Nc3cccc(F)c3)nc2cc1OC1CCNCC1. The Morgan fingerprint density at radius 2 is 2.07 bits per heavy atom. The highest BCUT2D eigenvalue weighted by Gasteiger charge is 2.20. The van der Waals surface area contributed by atoms with Gasteiger partial charge in [0.05, 0.1) is 11.1 Å². The predicted molar refractivity (Wildman–Crippen MR) is 109 cm³/mol. The normalized spacial score (nSPS) is 14.6. The van der Waals surface area contributed by atoms with Crippen molar-refractivity contribution in [3.63, 3.8) is 0 Å². The zero-order valence-electron chi connectivity index (χ0n) is 16.0. The van der Waals surface area contributed by atoms with E-state index in [1.165, 1.54) is 12.1 Å². The molecule has 0 bridgehead atoms. The van der Waals surface area contributed by atoms with Crippen LogP contribution in [0.4, 0.5) is 16.0 Å². The van der Waals surface area contributed by atoms with Gasteiger partial charge in [-0.15, -0.1) is 0 Å². The van der Waals surface area contributed by atoms with Gasteiger partial charge in [0.15, 0.2) is 0 Å². The van der Waals surface area contributed by atoms with E-state index in [2.05, 4.69) is 25.9 Å². The lowest BCUT2D eigenvalue weighted by atomic mass is 10.1. The molecule has 0 atom stereocenters. The van der Waals surface area contributed by atoms with Crippen LogP contribution in [0.5, 0.6) is 5.75 Å². The van der Waals surface area contributed by atoms with Crippen LogP contribution in [0.2, 0.25) is 0 Å². The molecule has 1 aliphatic rings. The molecule has 1 fully saturated rings. The Kier molecular flexibility index (Phi) is 5.53. The van der Waals surface area contributed by atoms with Crippen molar-refractivity contribution in [1.29, 1.82) is 0 Å². The van der Waals surface area contributed by atoms with Gasteiger partial charge in [-0.3, -0.25) is 4.79 Å². The molecule has 0 spiro atoms. The van der Waals surface area contributed by atoms with Gasteiger partial charge >= 0.3 is 0 Å². The summed E-state index contributed by atoms with van der Waals surface area (Å²) in [7, 11) is 1.59. The fourth-order valence-electron chi connectivity index (χ4n) is 3.32. The first-order chi connectivity index (χ1) is 14.1. The summed E-state index contributed by atoms with van der Waals surface area (Å²) in [4.78, 5) is 21.2. The first kappa shape index (κ1) is 19.1. The number of benzene rings is 2. The zero-order chi connectivity index (χ0) is 20.2. The van der Waals surface area contributed by atoms with Crippen molar-refractivity contribution < 1.29 is 13.9 Å². The first-order valence-corrected chi connectivity index (χ1v) is 9.55. The van der Waals surface area contributed by atoms with Crippen LogP contribution in [0.3, 0.4) is 0 Å². The number of piperidine rings is 1. The van der Waals surface area contributed by atoms with Crippen LogP contribution >= 0.6 is 0 Å². The summed E-state index contributed by atoms with van der Waals surface area (Å²) in [5.41, 5.74) is 1.64. The van der Waals surface area contributed by atoms with Crippen molar-refractivity contribution in [2.24, 2.45) is 0 Å². The number of hydrogen-bond donors (Lipinski definition) is 3. The Morgan fingerprint density at radius 1 is 1.24 bits per heavy atom. The summed E-state index contributed by atoms with van der Waals surface area (Å²) < 4.78 is 19.6. The summed E-state index contributed by atoms with van der Waals surface area (Å²) in [6.07, 6.45) is 3.43. The monoisotopic (exact) mass is 395 g/mol. The number of hydrogen-bond acceptors (Lipinski definition) is 6. The molecule has 1 aromatic heterocycles. The van der Waals surface area contributed by atoms with Gasteiger partial charge in [0, 0.05) is 30.4 Å². The van der Waals surface area contributed by atoms with Crippen molar-refractivity contribution in [3.8, 4) is 5.75 Å². The van der Waals surface area contributed by atoms with Crippen LogP contribution in [0.25, 0.3) is 10.9 Å². The zero-order valence-corrected chi connectivity index (χ0v) is 16.0.